The molecule has 106 heavy (non-hydrogen) atoms. The average molecular weight is 1440 g/mol. The van der Waals surface area contributed by atoms with E-state index in [-0.39, 0.29) is 96.9 Å². The first-order valence-corrected chi connectivity index (χ1v) is 36.1. The minimum atomic E-state index is -1.50. The number of methoxy groups -OCH3 is 3. The second-order valence-electron chi connectivity index (χ2n) is 28.1. The zero-order valence-corrected chi connectivity index (χ0v) is 60.0. The van der Waals surface area contributed by atoms with Gasteiger partial charge >= 0.3 is 6.09 Å². The predicted octanol–water partition coefficient (Wildman–Crippen LogP) is 8.49. The molecule has 3 fully saturated rings. The van der Waals surface area contributed by atoms with Crippen molar-refractivity contribution in [3.05, 3.63) is 172 Å². The van der Waals surface area contributed by atoms with Crippen molar-refractivity contribution in [3.8, 4) is 40.6 Å². The van der Waals surface area contributed by atoms with E-state index in [1.54, 1.807) is 53.3 Å². The minimum absolute atomic E-state index is 0.0581. The number of rotatable bonds is 26. The van der Waals surface area contributed by atoms with Gasteiger partial charge in [0.1, 0.15) is 30.2 Å². The van der Waals surface area contributed by atoms with Crippen molar-refractivity contribution in [2.45, 2.75) is 127 Å². The summed E-state index contributed by atoms with van der Waals surface area (Å²) >= 11 is 0. The van der Waals surface area contributed by atoms with Crippen LogP contribution in [0.5, 0.6) is 28.7 Å². The largest absolute Gasteiger partial charge is 0.497 e. The highest BCUT2D eigenvalue weighted by Gasteiger charge is 2.58. The fourth-order valence-electron chi connectivity index (χ4n) is 14.9. The highest BCUT2D eigenvalue weighted by atomic mass is 16.6. The lowest BCUT2D eigenvalue weighted by Gasteiger charge is -2.31. The van der Waals surface area contributed by atoms with Crippen LogP contribution in [-0.2, 0) is 46.5 Å². The molecular formula is C81H87N9O16. The van der Waals surface area contributed by atoms with Crippen molar-refractivity contribution in [1.82, 2.24) is 30.7 Å². The third-order valence-electron chi connectivity index (χ3n) is 21.3. The summed E-state index contributed by atoms with van der Waals surface area (Å²) in [5.41, 5.74) is 7.40. The van der Waals surface area contributed by atoms with Gasteiger partial charge in [-0.15, -0.1) is 0 Å². The smallest absolute Gasteiger partial charge is 0.416 e. The van der Waals surface area contributed by atoms with Crippen LogP contribution in [0.1, 0.15) is 138 Å². The number of hydrogen-bond acceptors (Lipinski definition) is 17. The highest BCUT2D eigenvalue weighted by molar-refractivity contribution is 6.07. The Bertz CT molecular complexity index is 4510. The molecule has 0 bridgehead atoms. The summed E-state index contributed by atoms with van der Waals surface area (Å²) in [7, 11) is 4.58. The van der Waals surface area contributed by atoms with Gasteiger partial charge in [0.25, 0.3) is 11.8 Å². The Morgan fingerprint density at radius 3 is 2.17 bits per heavy atom. The molecule has 2 aliphatic carbocycles. The Balaban J connectivity index is 0.590. The first-order chi connectivity index (χ1) is 51.3. The zero-order valence-electron chi connectivity index (χ0n) is 60.0. The van der Waals surface area contributed by atoms with Gasteiger partial charge in [-0.1, -0.05) is 92.8 Å². The molecule has 25 nitrogen and oxygen atoms in total. The van der Waals surface area contributed by atoms with Gasteiger partial charge in [0.15, 0.2) is 29.2 Å². The van der Waals surface area contributed by atoms with Gasteiger partial charge in [0.2, 0.25) is 29.5 Å². The van der Waals surface area contributed by atoms with Crippen molar-refractivity contribution < 1.29 is 76.7 Å². The van der Waals surface area contributed by atoms with Crippen LogP contribution >= 0.6 is 0 Å². The third kappa shape index (κ3) is 15.8. The number of carbonyl (C=O) groups is 9. The number of Topliss-reactive ketones (excluding diaryl/α,β-unsaturated/α-hetero) is 1. The van der Waals surface area contributed by atoms with E-state index in [2.05, 4.69) is 38.4 Å². The van der Waals surface area contributed by atoms with Crippen LogP contribution in [0.25, 0.3) is 5.57 Å². The van der Waals surface area contributed by atoms with Gasteiger partial charge in [-0.05, 0) is 133 Å². The topological polar surface area (TPSA) is 302 Å². The molecule has 8 amide bonds. The lowest BCUT2D eigenvalue weighted by molar-refractivity contribution is -0.139. The predicted molar refractivity (Wildman–Crippen MR) is 392 cm³/mol. The van der Waals surface area contributed by atoms with Crippen LogP contribution in [0.2, 0.25) is 0 Å². The van der Waals surface area contributed by atoms with E-state index >= 15 is 0 Å². The number of anilines is 3. The Hall–Kier alpha value is -11.4. The maximum absolute atomic E-state index is 14.6. The molecule has 0 radical (unpaired) electrons. The number of nitrogens with zero attached hydrogens (tertiary/aromatic N) is 4. The summed E-state index contributed by atoms with van der Waals surface area (Å²) in [6, 6.07) is 33.2. The van der Waals surface area contributed by atoms with E-state index in [1.807, 2.05) is 92.8 Å². The summed E-state index contributed by atoms with van der Waals surface area (Å²) in [5, 5.41) is 26.6. The summed E-state index contributed by atoms with van der Waals surface area (Å²) in [6.45, 7) is 4.00. The summed E-state index contributed by atoms with van der Waals surface area (Å²) in [5.74, 6) is 4.14. The number of ether oxygens (including phenoxy) is 6. The fourth-order valence-corrected chi connectivity index (χ4v) is 14.9. The number of carbonyl (C=O) groups excluding carboxylic acids is 9. The van der Waals surface area contributed by atoms with Crippen LogP contribution in [0.4, 0.5) is 21.9 Å². The molecule has 6 aromatic carbocycles. The molecule has 6 N–H and O–H groups in total. The number of fused-ring (bicyclic) bond motifs is 6. The Morgan fingerprint density at radius 2 is 1.44 bits per heavy atom. The number of ketones is 1. The fraction of sp³-hybridized carbons (Fsp3) is 0.395. The maximum atomic E-state index is 14.6. The average Bonchev–Trinajstić information content (AvgIpc) is 1.56. The molecule has 25 heteroatoms. The van der Waals surface area contributed by atoms with Crippen molar-refractivity contribution in [3.63, 3.8) is 0 Å². The number of benzene rings is 6. The molecule has 0 aromatic heterocycles. The van der Waals surface area contributed by atoms with Gasteiger partial charge in [-0.2, -0.15) is 0 Å². The SMILES string of the molecule is CC[C@H](C)[C@H](NC(=O)[C@@H]1CCCN1C(=O)CNC(=O)CNC(=O)CCC(=O)C1Cc2ccccc2C#Cc2ccccc21)C(=O)Nc1ccc(COC(=O)N2c3cc(OCCCOc4cc5c(cc4OC)C(=O)N4C=C(c6ccc(OC)cc6)C[C@H]4CN5)c(OC)cc3C(=O)N3CC4(CC4)C[C@H]3C2O)cc1. The molecule has 2 unspecified atom stereocenters. The van der Waals surface area contributed by atoms with Crippen LogP contribution in [0.3, 0.4) is 0 Å². The van der Waals surface area contributed by atoms with Crippen molar-refractivity contribution in [2.24, 2.45) is 11.3 Å². The number of amides is 8. The number of nitrogens with one attached hydrogen (secondary N) is 5. The Kier molecular flexibility index (Phi) is 22.0. The molecule has 7 atom stereocenters. The van der Waals surface area contributed by atoms with Gasteiger partial charge in [-0.3, -0.25) is 38.4 Å². The molecule has 1 saturated carbocycles. The summed E-state index contributed by atoms with van der Waals surface area (Å²) in [4.78, 5) is 130. The second kappa shape index (κ2) is 31.9. The highest BCUT2D eigenvalue weighted by Crippen LogP contribution is 2.57. The molecule has 5 aliphatic heterocycles. The standard InChI is InChI=1S/C81H87N9O16/c1-6-48(2)74(86-75(95)63-17-11-32-87(63)73(94)44-84-72(93)43-83-71(92)29-28-66(91)59-36-53-15-8-7-13-50(53)20-21-52-14-9-10-16-58(52)59)76(96)85-55-24-18-49(19-25-55)46-106-80(100)90-64-40-70(68(103-5)38-61(64)78(98)89-47-81(30-31-81)41-65(89)79(90)99)105-34-12-33-104-69-39-62-60(37-67(69)102-4)77(97)88-45-54(35-56(88)42-82-62)51-22-26-57(101-3)27-23-51/h7-10,13-16,18-19,22-27,37-40,45,48,56,59,63,65,74,79,82,99H,6,11-12,17,28-36,41-44,46-47H2,1-5H3,(H,83,92)(H,84,93)(H,85,96)(H,86,95)/t48-,56-,59?,63-,65-,74-,79?/m0/s1. The van der Waals surface area contributed by atoms with E-state index in [0.717, 1.165) is 56.9 Å². The number of hydrogen-bond donors (Lipinski definition) is 6. The van der Waals surface area contributed by atoms with Crippen molar-refractivity contribution >= 4 is 75.9 Å². The van der Waals surface area contributed by atoms with Crippen molar-refractivity contribution in [2.75, 3.05) is 82.8 Å². The molecule has 1 spiro atoms. The summed E-state index contributed by atoms with van der Waals surface area (Å²) < 4.78 is 35.4. The van der Waals surface area contributed by atoms with Crippen LogP contribution in [-0.4, -0.2) is 171 Å². The number of aliphatic hydroxyl groups excluding tert-OH is 1. The summed E-state index contributed by atoms with van der Waals surface area (Å²) in [6.07, 6.45) is 4.34. The molecular weight excluding hydrogens is 1350 g/mol. The molecule has 7 aliphatic rings. The van der Waals surface area contributed by atoms with E-state index in [9.17, 15) is 48.3 Å². The Morgan fingerprint density at radius 1 is 0.745 bits per heavy atom. The normalized spacial score (nSPS) is 19.6. The van der Waals surface area contributed by atoms with Gasteiger partial charge in [-0.25, -0.2) is 9.69 Å². The zero-order chi connectivity index (χ0) is 74.3. The van der Waals surface area contributed by atoms with E-state index in [0.29, 0.717) is 92.0 Å². The van der Waals surface area contributed by atoms with Crippen molar-refractivity contribution in [1.29, 1.82) is 0 Å². The Labute approximate surface area is 614 Å². The van der Waals surface area contributed by atoms with Gasteiger partial charge in [0, 0.05) is 80.0 Å². The quantitative estimate of drug-likeness (QED) is 0.0219. The first kappa shape index (κ1) is 72.9. The molecule has 13 rings (SSSR count). The van der Waals surface area contributed by atoms with E-state index in [1.165, 1.54) is 31.3 Å². The van der Waals surface area contributed by atoms with Crippen LogP contribution in [0.15, 0.2) is 128 Å². The first-order valence-electron chi connectivity index (χ1n) is 36.1. The maximum Gasteiger partial charge on any atom is 0.416 e. The molecule has 6 aromatic rings. The molecule has 5 heterocycles. The lowest BCUT2D eigenvalue weighted by atomic mass is 9.82. The molecule has 2 saturated heterocycles. The van der Waals surface area contributed by atoms with E-state index < -0.39 is 79.0 Å². The van der Waals surface area contributed by atoms with Gasteiger partial charge in [0.05, 0.1) is 82.2 Å². The second-order valence-corrected chi connectivity index (χ2v) is 28.1. The monoisotopic (exact) mass is 1440 g/mol. The molecule has 552 valence electrons. The lowest BCUT2D eigenvalue weighted by Crippen LogP contribution is -2.55. The van der Waals surface area contributed by atoms with Crippen LogP contribution < -0.4 is 55.2 Å². The number of likely N-dealkylation sites (tertiary alicyclic amines) is 1. The van der Waals surface area contributed by atoms with E-state index in [4.69, 9.17) is 28.4 Å². The minimum Gasteiger partial charge on any atom is -0.497 e. The van der Waals surface area contributed by atoms with Gasteiger partial charge < -0.3 is 74.8 Å². The third-order valence-corrected chi connectivity index (χ3v) is 21.3. The number of aliphatic hydroxyl groups is 1. The van der Waals surface area contributed by atoms with Crippen LogP contribution in [0, 0.1) is 23.2 Å².